The smallest absolute Gasteiger partial charge is 0.253 e. The molecule has 4 heteroatoms. The molecule has 1 saturated carbocycles. The topological polar surface area (TPSA) is 42.0 Å². The fourth-order valence-corrected chi connectivity index (χ4v) is 2.37. The molecule has 1 aromatic rings. The predicted molar refractivity (Wildman–Crippen MR) is 63.5 cm³/mol. The van der Waals surface area contributed by atoms with Gasteiger partial charge in [0.05, 0.1) is 10.6 Å². The molecule has 1 aliphatic carbocycles. The maximum absolute atomic E-state index is 11.9. The second-order valence-corrected chi connectivity index (χ2v) is 4.75. The normalized spacial score (nSPS) is 24.4. The van der Waals surface area contributed by atoms with Gasteiger partial charge in [-0.1, -0.05) is 24.9 Å². The van der Waals surface area contributed by atoms with Crippen LogP contribution in [0.3, 0.4) is 0 Å². The Bertz CT molecular complexity index is 394. The SMILES string of the molecule is CC1CCCC1NC(=O)c1ccncc1Cl. The molecule has 1 N–H and O–H groups in total. The Labute approximate surface area is 100 Å². The molecule has 1 fully saturated rings. The molecular formula is C12H15ClN2O. The standard InChI is InChI=1S/C12H15ClN2O/c1-8-3-2-4-11(8)15-12(16)9-5-6-14-7-10(9)13/h5-8,11H,2-4H2,1H3,(H,15,16). The van der Waals surface area contributed by atoms with Crippen LogP contribution >= 0.6 is 11.6 Å². The van der Waals surface area contributed by atoms with Crippen LogP contribution in [-0.2, 0) is 0 Å². The lowest BCUT2D eigenvalue weighted by molar-refractivity contribution is 0.0929. The van der Waals surface area contributed by atoms with E-state index in [1.807, 2.05) is 0 Å². The van der Waals surface area contributed by atoms with Crippen LogP contribution in [0.1, 0.15) is 36.5 Å². The van der Waals surface area contributed by atoms with Gasteiger partial charge in [0.25, 0.3) is 5.91 Å². The van der Waals surface area contributed by atoms with E-state index < -0.39 is 0 Å². The zero-order chi connectivity index (χ0) is 11.5. The summed E-state index contributed by atoms with van der Waals surface area (Å²) in [5, 5.41) is 3.44. The molecule has 1 amide bonds. The van der Waals surface area contributed by atoms with Crippen molar-refractivity contribution >= 4 is 17.5 Å². The van der Waals surface area contributed by atoms with Crippen LogP contribution in [0.25, 0.3) is 0 Å². The van der Waals surface area contributed by atoms with E-state index in [4.69, 9.17) is 11.6 Å². The van der Waals surface area contributed by atoms with E-state index in [-0.39, 0.29) is 11.9 Å². The number of rotatable bonds is 2. The van der Waals surface area contributed by atoms with Crippen LogP contribution in [0.4, 0.5) is 0 Å². The van der Waals surface area contributed by atoms with Gasteiger partial charge in [-0.3, -0.25) is 9.78 Å². The molecule has 16 heavy (non-hydrogen) atoms. The van der Waals surface area contributed by atoms with E-state index >= 15 is 0 Å². The summed E-state index contributed by atoms with van der Waals surface area (Å²) in [6.07, 6.45) is 6.52. The van der Waals surface area contributed by atoms with Gasteiger partial charge in [-0.25, -0.2) is 0 Å². The van der Waals surface area contributed by atoms with Gasteiger partial charge in [0.15, 0.2) is 0 Å². The van der Waals surface area contributed by atoms with Crippen molar-refractivity contribution in [3.63, 3.8) is 0 Å². The monoisotopic (exact) mass is 238 g/mol. The average Bonchev–Trinajstić information content (AvgIpc) is 2.65. The lowest BCUT2D eigenvalue weighted by Crippen LogP contribution is -2.36. The highest BCUT2D eigenvalue weighted by molar-refractivity contribution is 6.33. The third-order valence-electron chi connectivity index (χ3n) is 3.20. The minimum Gasteiger partial charge on any atom is -0.349 e. The first-order valence-corrected chi connectivity index (χ1v) is 5.96. The highest BCUT2D eigenvalue weighted by Gasteiger charge is 2.25. The summed E-state index contributed by atoms with van der Waals surface area (Å²) in [6, 6.07) is 1.94. The Morgan fingerprint density at radius 1 is 1.56 bits per heavy atom. The molecule has 3 nitrogen and oxygen atoms in total. The zero-order valence-electron chi connectivity index (χ0n) is 9.24. The fourth-order valence-electron chi connectivity index (χ4n) is 2.17. The molecule has 2 unspecified atom stereocenters. The highest BCUT2D eigenvalue weighted by Crippen LogP contribution is 2.25. The van der Waals surface area contributed by atoms with Gasteiger partial charge < -0.3 is 5.32 Å². The van der Waals surface area contributed by atoms with Gasteiger partial charge in [0.1, 0.15) is 0 Å². The molecule has 0 bridgehead atoms. The number of hydrogen-bond donors (Lipinski definition) is 1. The quantitative estimate of drug-likeness (QED) is 0.861. The number of amides is 1. The Balaban J connectivity index is 2.06. The molecule has 2 rings (SSSR count). The van der Waals surface area contributed by atoms with Crippen molar-refractivity contribution < 1.29 is 4.79 Å². The number of nitrogens with zero attached hydrogens (tertiary/aromatic N) is 1. The molecule has 0 aromatic carbocycles. The van der Waals surface area contributed by atoms with Gasteiger partial charge in [-0.15, -0.1) is 0 Å². The number of halogens is 1. The third-order valence-corrected chi connectivity index (χ3v) is 3.50. The summed E-state index contributed by atoms with van der Waals surface area (Å²) >= 11 is 5.92. The number of pyridine rings is 1. The first-order chi connectivity index (χ1) is 7.68. The Hall–Kier alpha value is -1.09. The molecule has 2 atom stereocenters. The Morgan fingerprint density at radius 3 is 3.00 bits per heavy atom. The van der Waals surface area contributed by atoms with E-state index in [0.717, 1.165) is 6.42 Å². The molecular weight excluding hydrogens is 224 g/mol. The molecule has 0 radical (unpaired) electrons. The molecule has 1 aromatic heterocycles. The van der Waals surface area contributed by atoms with Crippen molar-refractivity contribution in [1.82, 2.24) is 10.3 Å². The van der Waals surface area contributed by atoms with Crippen LogP contribution in [-0.4, -0.2) is 16.9 Å². The molecule has 0 saturated heterocycles. The first-order valence-electron chi connectivity index (χ1n) is 5.59. The summed E-state index contributed by atoms with van der Waals surface area (Å²) < 4.78 is 0. The van der Waals surface area contributed by atoms with Crippen molar-refractivity contribution in [1.29, 1.82) is 0 Å². The third kappa shape index (κ3) is 2.35. The van der Waals surface area contributed by atoms with Gasteiger partial charge in [-0.05, 0) is 24.8 Å². The number of aromatic nitrogens is 1. The maximum Gasteiger partial charge on any atom is 0.253 e. The predicted octanol–water partition coefficient (Wildman–Crippen LogP) is 2.65. The summed E-state index contributed by atoms with van der Waals surface area (Å²) in [5.74, 6) is 0.468. The molecule has 1 heterocycles. The van der Waals surface area contributed by atoms with E-state index in [0.29, 0.717) is 16.5 Å². The van der Waals surface area contributed by atoms with Crippen molar-refractivity contribution in [2.45, 2.75) is 32.2 Å². The van der Waals surface area contributed by atoms with E-state index in [2.05, 4.69) is 17.2 Å². The van der Waals surface area contributed by atoms with Crippen LogP contribution in [0.15, 0.2) is 18.5 Å². The zero-order valence-corrected chi connectivity index (χ0v) is 10.00. The average molecular weight is 239 g/mol. The summed E-state index contributed by atoms with van der Waals surface area (Å²) in [5.41, 5.74) is 0.510. The highest BCUT2D eigenvalue weighted by atomic mass is 35.5. The van der Waals surface area contributed by atoms with Gasteiger partial charge in [0.2, 0.25) is 0 Å². The number of carbonyl (C=O) groups excluding carboxylic acids is 1. The van der Waals surface area contributed by atoms with Crippen LogP contribution in [0.5, 0.6) is 0 Å². The second kappa shape index (κ2) is 4.83. The maximum atomic E-state index is 11.9. The minimum atomic E-state index is -0.0915. The van der Waals surface area contributed by atoms with Crippen molar-refractivity contribution in [2.75, 3.05) is 0 Å². The minimum absolute atomic E-state index is 0.0915. The largest absolute Gasteiger partial charge is 0.349 e. The Morgan fingerprint density at radius 2 is 2.38 bits per heavy atom. The van der Waals surface area contributed by atoms with Crippen molar-refractivity contribution in [3.05, 3.63) is 29.0 Å². The second-order valence-electron chi connectivity index (χ2n) is 4.34. The first kappa shape index (κ1) is 11.4. The van der Waals surface area contributed by atoms with Gasteiger partial charge in [-0.2, -0.15) is 0 Å². The molecule has 86 valence electrons. The number of hydrogen-bond acceptors (Lipinski definition) is 2. The van der Waals surface area contributed by atoms with E-state index in [1.54, 1.807) is 12.3 Å². The summed E-state index contributed by atoms with van der Waals surface area (Å²) in [6.45, 7) is 2.17. The molecule has 1 aliphatic rings. The molecule has 0 aliphatic heterocycles. The fraction of sp³-hybridized carbons (Fsp3) is 0.500. The lowest BCUT2D eigenvalue weighted by atomic mass is 10.1. The Kier molecular flexibility index (Phi) is 3.44. The van der Waals surface area contributed by atoms with Gasteiger partial charge in [0, 0.05) is 18.4 Å². The van der Waals surface area contributed by atoms with Crippen molar-refractivity contribution in [3.8, 4) is 0 Å². The lowest BCUT2D eigenvalue weighted by Gasteiger charge is -2.17. The van der Waals surface area contributed by atoms with Crippen molar-refractivity contribution in [2.24, 2.45) is 5.92 Å². The summed E-state index contributed by atoms with van der Waals surface area (Å²) in [7, 11) is 0. The van der Waals surface area contributed by atoms with Crippen LogP contribution < -0.4 is 5.32 Å². The van der Waals surface area contributed by atoms with E-state index in [1.165, 1.54) is 19.0 Å². The summed E-state index contributed by atoms with van der Waals surface area (Å²) in [4.78, 5) is 15.8. The number of nitrogens with one attached hydrogen (secondary N) is 1. The molecule has 0 spiro atoms. The number of carbonyl (C=O) groups is 1. The van der Waals surface area contributed by atoms with E-state index in [9.17, 15) is 4.79 Å². The van der Waals surface area contributed by atoms with Crippen LogP contribution in [0.2, 0.25) is 5.02 Å². The van der Waals surface area contributed by atoms with Gasteiger partial charge >= 0.3 is 0 Å². The van der Waals surface area contributed by atoms with Crippen LogP contribution in [0, 0.1) is 5.92 Å².